The number of carbonyl (C=O) groups is 2. The van der Waals surface area contributed by atoms with Crippen molar-refractivity contribution in [3.05, 3.63) is 107 Å². The number of carbonyl (C=O) groups excluding carboxylic acids is 2. The minimum atomic E-state index is -0.613. The molecule has 158 valence electrons. The van der Waals surface area contributed by atoms with Crippen LogP contribution >= 0.6 is 15.9 Å². The van der Waals surface area contributed by atoms with Crippen molar-refractivity contribution in [1.82, 2.24) is 14.8 Å². The first-order chi connectivity index (χ1) is 15.6. The van der Waals surface area contributed by atoms with Crippen LogP contribution in [0, 0.1) is 0 Å². The molecule has 0 fully saturated rings. The normalized spacial score (nSPS) is 10.9. The first-order valence-electron chi connectivity index (χ1n) is 9.79. The molecular weight excluding hydrogens is 470 g/mol. The number of Topliss-reactive ketones (excluding diaryl/α,β-unsaturated/α-hetero) is 1. The van der Waals surface area contributed by atoms with E-state index in [1.807, 2.05) is 54.7 Å². The maximum absolute atomic E-state index is 12.2. The van der Waals surface area contributed by atoms with Crippen molar-refractivity contribution in [3.63, 3.8) is 0 Å². The van der Waals surface area contributed by atoms with Crippen molar-refractivity contribution < 1.29 is 14.3 Å². The van der Waals surface area contributed by atoms with E-state index in [4.69, 9.17) is 4.74 Å². The summed E-state index contributed by atoms with van der Waals surface area (Å²) in [6.07, 6.45) is 8.14. The number of benzene rings is 2. The zero-order chi connectivity index (χ0) is 22.3. The van der Waals surface area contributed by atoms with E-state index in [0.29, 0.717) is 11.3 Å². The molecule has 0 bridgehead atoms. The minimum Gasteiger partial charge on any atom is -0.454 e. The Kier molecular flexibility index (Phi) is 6.67. The zero-order valence-corrected chi connectivity index (χ0v) is 18.5. The highest BCUT2D eigenvalue weighted by molar-refractivity contribution is 9.10. The van der Waals surface area contributed by atoms with Crippen LogP contribution in [0.25, 0.3) is 23.0 Å². The number of rotatable bonds is 7. The van der Waals surface area contributed by atoms with E-state index in [9.17, 15) is 9.59 Å². The number of hydrogen-bond donors (Lipinski definition) is 0. The molecule has 0 N–H and O–H groups in total. The lowest BCUT2D eigenvalue weighted by molar-refractivity contribution is -0.136. The second-order valence-electron chi connectivity index (χ2n) is 6.83. The molecule has 0 aliphatic rings. The first kappa shape index (κ1) is 21.4. The number of pyridine rings is 1. The Bertz CT molecular complexity index is 1270. The molecule has 7 heteroatoms. The fourth-order valence-corrected chi connectivity index (χ4v) is 3.44. The Morgan fingerprint density at radius 2 is 1.88 bits per heavy atom. The highest BCUT2D eigenvalue weighted by atomic mass is 79.9. The molecule has 0 radical (unpaired) electrons. The van der Waals surface area contributed by atoms with Crippen molar-refractivity contribution >= 4 is 33.8 Å². The average molecular weight is 488 g/mol. The summed E-state index contributed by atoms with van der Waals surface area (Å²) < 4.78 is 7.65. The van der Waals surface area contributed by atoms with Crippen LogP contribution in [0.15, 0.2) is 95.9 Å². The molecule has 0 atom stereocenters. The fraction of sp³-hybridized carbons (Fsp3) is 0.0400. The molecule has 2 heterocycles. The molecule has 4 aromatic rings. The van der Waals surface area contributed by atoms with Crippen molar-refractivity contribution in [3.8, 4) is 16.9 Å². The van der Waals surface area contributed by atoms with Crippen LogP contribution < -0.4 is 0 Å². The summed E-state index contributed by atoms with van der Waals surface area (Å²) in [5.41, 5.74) is 3.58. The van der Waals surface area contributed by atoms with Crippen LogP contribution in [-0.4, -0.2) is 33.1 Å². The maximum Gasteiger partial charge on any atom is 0.331 e. The van der Waals surface area contributed by atoms with E-state index in [-0.39, 0.29) is 12.4 Å². The van der Waals surface area contributed by atoms with Gasteiger partial charge in [0, 0.05) is 45.8 Å². The molecule has 0 saturated heterocycles. The second-order valence-corrected chi connectivity index (χ2v) is 7.75. The van der Waals surface area contributed by atoms with Gasteiger partial charge in [-0.3, -0.25) is 9.78 Å². The van der Waals surface area contributed by atoms with Gasteiger partial charge in [0.1, 0.15) is 5.69 Å². The summed E-state index contributed by atoms with van der Waals surface area (Å²) in [7, 11) is 0. The number of para-hydroxylation sites is 1. The molecule has 2 aromatic carbocycles. The molecule has 0 amide bonds. The smallest absolute Gasteiger partial charge is 0.331 e. The van der Waals surface area contributed by atoms with E-state index in [2.05, 4.69) is 26.0 Å². The van der Waals surface area contributed by atoms with E-state index in [1.165, 1.54) is 6.08 Å². The number of nitrogens with zero attached hydrogens (tertiary/aromatic N) is 3. The Balaban J connectivity index is 1.51. The summed E-state index contributed by atoms with van der Waals surface area (Å²) in [4.78, 5) is 28.6. The molecule has 0 aliphatic carbocycles. The molecule has 4 rings (SSSR count). The molecule has 0 saturated carbocycles. The van der Waals surface area contributed by atoms with Crippen LogP contribution in [0.1, 0.15) is 15.9 Å². The topological polar surface area (TPSA) is 74.1 Å². The maximum atomic E-state index is 12.2. The van der Waals surface area contributed by atoms with Gasteiger partial charge in [0.05, 0.1) is 5.69 Å². The van der Waals surface area contributed by atoms with Crippen molar-refractivity contribution in [1.29, 1.82) is 0 Å². The van der Waals surface area contributed by atoms with Crippen LogP contribution in [0.2, 0.25) is 0 Å². The molecular formula is C25H18BrN3O3. The lowest BCUT2D eigenvalue weighted by Gasteiger charge is -2.02. The molecule has 32 heavy (non-hydrogen) atoms. The molecule has 2 aromatic heterocycles. The van der Waals surface area contributed by atoms with E-state index < -0.39 is 5.97 Å². The SMILES string of the molecule is O=C(C=Cc1cn(-c2ccccc2)nc1-c1cccnc1)OCC(=O)c1cccc(Br)c1. The molecule has 0 unspecified atom stereocenters. The van der Waals surface area contributed by atoms with Crippen LogP contribution in [0.5, 0.6) is 0 Å². The van der Waals surface area contributed by atoms with Crippen LogP contribution in [0.3, 0.4) is 0 Å². The largest absolute Gasteiger partial charge is 0.454 e. The summed E-state index contributed by atoms with van der Waals surface area (Å²) in [6, 6.07) is 20.3. The lowest BCUT2D eigenvalue weighted by Crippen LogP contribution is -2.12. The van der Waals surface area contributed by atoms with Gasteiger partial charge >= 0.3 is 5.97 Å². The third-order valence-electron chi connectivity index (χ3n) is 4.59. The number of hydrogen-bond acceptors (Lipinski definition) is 5. The average Bonchev–Trinajstić information content (AvgIpc) is 3.26. The van der Waals surface area contributed by atoms with Gasteiger partial charge in [0.2, 0.25) is 0 Å². The molecule has 0 spiro atoms. The molecule has 6 nitrogen and oxygen atoms in total. The van der Waals surface area contributed by atoms with Crippen molar-refractivity contribution in [2.75, 3.05) is 6.61 Å². The monoisotopic (exact) mass is 487 g/mol. The van der Waals surface area contributed by atoms with Gasteiger partial charge in [-0.1, -0.05) is 46.3 Å². The quantitative estimate of drug-likeness (QED) is 0.205. The van der Waals surface area contributed by atoms with Gasteiger partial charge in [-0.25, -0.2) is 9.48 Å². The number of ketones is 1. The predicted molar refractivity (Wildman–Crippen MR) is 125 cm³/mol. The Labute approximate surface area is 193 Å². The van der Waals surface area contributed by atoms with E-state index in [1.54, 1.807) is 41.4 Å². The third kappa shape index (κ3) is 5.25. The van der Waals surface area contributed by atoms with Gasteiger partial charge in [-0.2, -0.15) is 5.10 Å². The van der Waals surface area contributed by atoms with Gasteiger partial charge in [0.25, 0.3) is 0 Å². The van der Waals surface area contributed by atoms with Crippen molar-refractivity contribution in [2.24, 2.45) is 0 Å². The summed E-state index contributed by atoms with van der Waals surface area (Å²) >= 11 is 3.32. The minimum absolute atomic E-state index is 0.277. The number of aromatic nitrogens is 3. The highest BCUT2D eigenvalue weighted by Gasteiger charge is 2.12. The van der Waals surface area contributed by atoms with E-state index in [0.717, 1.165) is 21.3 Å². The molecule has 0 aliphatic heterocycles. The van der Waals surface area contributed by atoms with E-state index >= 15 is 0 Å². The summed E-state index contributed by atoms with van der Waals surface area (Å²) in [6.45, 7) is -0.335. The standard InChI is InChI=1S/C25H18BrN3O3/c26-21-8-4-6-18(14-21)23(30)17-32-24(31)12-11-20-16-29(22-9-2-1-3-10-22)28-25(20)19-7-5-13-27-15-19/h1-16H,17H2. The fourth-order valence-electron chi connectivity index (χ4n) is 3.04. The number of esters is 1. The summed E-state index contributed by atoms with van der Waals surface area (Å²) in [5, 5.41) is 4.67. The Morgan fingerprint density at radius 3 is 2.62 bits per heavy atom. The van der Waals surface area contributed by atoms with Gasteiger partial charge in [-0.05, 0) is 42.5 Å². The lowest BCUT2D eigenvalue weighted by atomic mass is 10.1. The van der Waals surface area contributed by atoms with Crippen LogP contribution in [-0.2, 0) is 9.53 Å². The van der Waals surface area contributed by atoms with Crippen LogP contribution in [0.4, 0.5) is 0 Å². The Hall–Kier alpha value is -3.84. The van der Waals surface area contributed by atoms with Gasteiger partial charge in [-0.15, -0.1) is 0 Å². The first-order valence-corrected chi connectivity index (χ1v) is 10.6. The Morgan fingerprint density at radius 1 is 1.03 bits per heavy atom. The summed E-state index contributed by atoms with van der Waals surface area (Å²) in [5.74, 6) is -0.890. The third-order valence-corrected chi connectivity index (χ3v) is 5.08. The highest BCUT2D eigenvalue weighted by Crippen LogP contribution is 2.24. The number of ether oxygens (including phenoxy) is 1. The second kappa shape index (κ2) is 9.98. The predicted octanol–water partition coefficient (Wildman–Crippen LogP) is 5.14. The zero-order valence-electron chi connectivity index (χ0n) is 16.9. The van der Waals surface area contributed by atoms with Gasteiger partial charge in [0.15, 0.2) is 12.4 Å². The van der Waals surface area contributed by atoms with Gasteiger partial charge < -0.3 is 4.74 Å². The number of halogens is 1. The van der Waals surface area contributed by atoms with Crippen molar-refractivity contribution in [2.45, 2.75) is 0 Å².